The molecule has 0 amide bonds. The second-order valence-corrected chi connectivity index (χ2v) is 5.72. The summed E-state index contributed by atoms with van der Waals surface area (Å²) < 4.78 is 5.26. The summed E-state index contributed by atoms with van der Waals surface area (Å²) in [6.07, 6.45) is -0.970. The molecular weight excluding hydrogens is 320 g/mol. The zero-order chi connectivity index (χ0) is 18.0. The first-order valence-corrected chi connectivity index (χ1v) is 7.76. The van der Waals surface area contributed by atoms with Crippen molar-refractivity contribution in [3.8, 4) is 0 Å². The number of nitrogens with one attached hydrogen (secondary N) is 1. The molecule has 0 saturated heterocycles. The molecule has 0 aliphatic rings. The summed E-state index contributed by atoms with van der Waals surface area (Å²) in [4.78, 5) is 36.6. The molecule has 1 aromatic heterocycles. The van der Waals surface area contributed by atoms with E-state index in [0.717, 1.165) is 5.56 Å². The highest BCUT2D eigenvalue weighted by atomic mass is 16.5. The van der Waals surface area contributed by atoms with Crippen molar-refractivity contribution in [2.24, 2.45) is 0 Å². The van der Waals surface area contributed by atoms with Crippen molar-refractivity contribution in [3.63, 3.8) is 0 Å². The van der Waals surface area contributed by atoms with Crippen LogP contribution in [0.15, 0.2) is 53.3 Å². The first-order chi connectivity index (χ1) is 12.0. The number of H-pyrrole nitrogens is 1. The molecule has 6 nitrogen and oxygen atoms in total. The number of Topliss-reactive ketones (excluding diaryl/α,β-unsaturated/α-hetero) is 1. The van der Waals surface area contributed by atoms with E-state index in [2.05, 4.69) is 10.2 Å². The van der Waals surface area contributed by atoms with Crippen LogP contribution in [0.1, 0.15) is 33.3 Å². The lowest BCUT2D eigenvalue weighted by Crippen LogP contribution is -2.26. The third kappa shape index (κ3) is 3.33. The lowest BCUT2D eigenvalue weighted by atomic mass is 10.1. The second-order valence-electron chi connectivity index (χ2n) is 5.72. The van der Waals surface area contributed by atoms with Crippen LogP contribution in [0.4, 0.5) is 0 Å². The van der Waals surface area contributed by atoms with Gasteiger partial charge in [-0.15, -0.1) is 0 Å². The van der Waals surface area contributed by atoms with Crippen molar-refractivity contribution < 1.29 is 14.3 Å². The first-order valence-electron chi connectivity index (χ1n) is 7.76. The molecule has 1 atom stereocenters. The predicted octanol–water partition coefficient (Wildman–Crippen LogP) is 2.66. The monoisotopic (exact) mass is 336 g/mol. The minimum absolute atomic E-state index is 0.0289. The molecule has 25 heavy (non-hydrogen) atoms. The maximum Gasteiger partial charge on any atom is 0.360 e. The van der Waals surface area contributed by atoms with Crippen molar-refractivity contribution in [1.29, 1.82) is 0 Å². The molecule has 126 valence electrons. The van der Waals surface area contributed by atoms with E-state index in [0.29, 0.717) is 16.3 Å². The third-order valence-electron chi connectivity index (χ3n) is 3.88. The van der Waals surface area contributed by atoms with Crippen molar-refractivity contribution in [2.75, 3.05) is 0 Å². The van der Waals surface area contributed by atoms with E-state index in [1.54, 1.807) is 36.4 Å². The quantitative estimate of drug-likeness (QED) is 0.584. The number of aryl methyl sites for hydroxylation is 1. The Morgan fingerprint density at radius 1 is 1.04 bits per heavy atom. The average Bonchev–Trinajstić information content (AvgIpc) is 2.62. The molecule has 0 unspecified atom stereocenters. The van der Waals surface area contributed by atoms with E-state index in [-0.39, 0.29) is 11.5 Å². The number of ether oxygens (including phenoxy) is 1. The van der Waals surface area contributed by atoms with Crippen molar-refractivity contribution in [2.45, 2.75) is 20.0 Å². The number of ketones is 1. The molecule has 0 fully saturated rings. The Bertz CT molecular complexity index is 1010. The SMILES string of the molecule is Cc1ccc(C(=O)[C@@H](C)OC(=O)c2n[nH]c(=O)c3ccccc23)cc1. The van der Waals surface area contributed by atoms with Gasteiger partial charge in [0.05, 0.1) is 5.39 Å². The summed E-state index contributed by atoms with van der Waals surface area (Å²) in [5.41, 5.74) is 1.07. The Balaban J connectivity index is 1.85. The number of rotatable bonds is 4. The maximum absolute atomic E-state index is 12.4. The minimum atomic E-state index is -0.970. The summed E-state index contributed by atoms with van der Waals surface area (Å²) in [6, 6.07) is 13.6. The molecule has 6 heteroatoms. The van der Waals surface area contributed by atoms with Crippen LogP contribution in [0.2, 0.25) is 0 Å². The van der Waals surface area contributed by atoms with Crippen LogP contribution in [-0.4, -0.2) is 28.1 Å². The van der Waals surface area contributed by atoms with E-state index >= 15 is 0 Å². The number of carbonyl (C=O) groups is 2. The molecular formula is C19H16N2O4. The Morgan fingerprint density at radius 2 is 1.68 bits per heavy atom. The minimum Gasteiger partial charge on any atom is -0.449 e. The van der Waals surface area contributed by atoms with Gasteiger partial charge in [-0.25, -0.2) is 9.89 Å². The number of fused-ring (bicyclic) bond motifs is 1. The summed E-state index contributed by atoms with van der Waals surface area (Å²) >= 11 is 0. The van der Waals surface area contributed by atoms with Gasteiger partial charge in [-0.3, -0.25) is 9.59 Å². The third-order valence-corrected chi connectivity index (χ3v) is 3.88. The van der Waals surface area contributed by atoms with Crippen LogP contribution < -0.4 is 5.56 Å². The van der Waals surface area contributed by atoms with Gasteiger partial charge in [0.15, 0.2) is 11.8 Å². The standard InChI is InChI=1S/C19H16N2O4/c1-11-7-9-13(10-8-11)17(22)12(2)25-19(24)16-14-5-3-4-6-15(14)18(23)21-20-16/h3-10,12H,1-2H3,(H,21,23)/t12-/m1/s1. The van der Waals surface area contributed by atoms with Gasteiger partial charge in [-0.1, -0.05) is 48.0 Å². The highest BCUT2D eigenvalue weighted by molar-refractivity contribution is 6.05. The molecule has 1 N–H and O–H groups in total. The van der Waals surface area contributed by atoms with E-state index in [1.807, 2.05) is 19.1 Å². The number of aromatic amines is 1. The van der Waals surface area contributed by atoms with Gasteiger partial charge in [-0.2, -0.15) is 5.10 Å². The molecule has 0 saturated carbocycles. The predicted molar refractivity (Wildman–Crippen MR) is 92.8 cm³/mol. The lowest BCUT2D eigenvalue weighted by Gasteiger charge is -2.12. The van der Waals surface area contributed by atoms with Gasteiger partial charge in [0.1, 0.15) is 0 Å². The van der Waals surface area contributed by atoms with Gasteiger partial charge < -0.3 is 4.74 Å². The Hall–Kier alpha value is -3.28. The van der Waals surface area contributed by atoms with Crippen LogP contribution in [0.25, 0.3) is 10.8 Å². The zero-order valence-corrected chi connectivity index (χ0v) is 13.8. The largest absolute Gasteiger partial charge is 0.449 e. The smallest absolute Gasteiger partial charge is 0.360 e. The number of nitrogens with zero attached hydrogens (tertiary/aromatic N) is 1. The highest BCUT2D eigenvalue weighted by Gasteiger charge is 2.23. The number of esters is 1. The van der Waals surface area contributed by atoms with E-state index < -0.39 is 17.6 Å². The van der Waals surface area contributed by atoms with Crippen LogP contribution in [0, 0.1) is 6.92 Å². The van der Waals surface area contributed by atoms with Crippen LogP contribution in [-0.2, 0) is 4.74 Å². The molecule has 3 aromatic rings. The van der Waals surface area contributed by atoms with Crippen molar-refractivity contribution in [1.82, 2.24) is 10.2 Å². The van der Waals surface area contributed by atoms with Gasteiger partial charge in [0.2, 0.25) is 5.78 Å². The van der Waals surface area contributed by atoms with E-state index in [4.69, 9.17) is 4.74 Å². The number of hydrogen-bond donors (Lipinski definition) is 1. The molecule has 1 heterocycles. The van der Waals surface area contributed by atoms with E-state index in [1.165, 1.54) is 6.92 Å². The fraction of sp³-hybridized carbons (Fsp3) is 0.158. The summed E-state index contributed by atoms with van der Waals surface area (Å²) in [6.45, 7) is 3.43. The van der Waals surface area contributed by atoms with Crippen LogP contribution in [0.3, 0.4) is 0 Å². The number of hydrogen-bond acceptors (Lipinski definition) is 5. The number of benzene rings is 2. The summed E-state index contributed by atoms with van der Waals surface area (Å²) in [5, 5.41) is 6.77. The van der Waals surface area contributed by atoms with Gasteiger partial charge in [-0.05, 0) is 19.9 Å². The molecule has 3 rings (SSSR count). The Morgan fingerprint density at radius 3 is 2.36 bits per heavy atom. The maximum atomic E-state index is 12.4. The molecule has 0 aliphatic carbocycles. The van der Waals surface area contributed by atoms with E-state index in [9.17, 15) is 14.4 Å². The van der Waals surface area contributed by atoms with Crippen LogP contribution in [0.5, 0.6) is 0 Å². The zero-order valence-electron chi connectivity index (χ0n) is 13.8. The normalized spacial score (nSPS) is 11.9. The molecule has 2 aromatic carbocycles. The fourth-order valence-electron chi connectivity index (χ4n) is 2.49. The lowest BCUT2D eigenvalue weighted by molar-refractivity contribution is 0.0314. The van der Waals surface area contributed by atoms with Gasteiger partial charge >= 0.3 is 5.97 Å². The highest BCUT2D eigenvalue weighted by Crippen LogP contribution is 2.15. The molecule has 0 bridgehead atoms. The summed E-state index contributed by atoms with van der Waals surface area (Å²) in [5.74, 6) is -1.07. The van der Waals surface area contributed by atoms with Crippen molar-refractivity contribution >= 4 is 22.5 Å². The second kappa shape index (κ2) is 6.68. The first kappa shape index (κ1) is 16.6. The number of aromatic nitrogens is 2. The Kier molecular flexibility index (Phi) is 4.43. The van der Waals surface area contributed by atoms with Gasteiger partial charge in [0.25, 0.3) is 5.56 Å². The van der Waals surface area contributed by atoms with Crippen molar-refractivity contribution in [3.05, 3.63) is 75.7 Å². The van der Waals surface area contributed by atoms with Crippen LogP contribution >= 0.6 is 0 Å². The fourth-order valence-corrected chi connectivity index (χ4v) is 2.49. The topological polar surface area (TPSA) is 89.1 Å². The molecule has 0 spiro atoms. The summed E-state index contributed by atoms with van der Waals surface area (Å²) in [7, 11) is 0. The molecule has 0 aliphatic heterocycles. The Labute approximate surface area is 143 Å². The number of carbonyl (C=O) groups excluding carboxylic acids is 2. The molecule has 0 radical (unpaired) electrons. The average molecular weight is 336 g/mol. The van der Waals surface area contributed by atoms with Gasteiger partial charge in [0, 0.05) is 10.9 Å².